The number of hydrogen-bond acceptors (Lipinski definition) is 4. The lowest BCUT2D eigenvalue weighted by Crippen LogP contribution is -2.03. The van der Waals surface area contributed by atoms with Crippen molar-refractivity contribution in [2.24, 2.45) is 0 Å². The Morgan fingerprint density at radius 2 is 2.00 bits per heavy atom. The number of pyridine rings is 1. The molecule has 5 nitrogen and oxygen atoms in total. The molecule has 2 aromatic heterocycles. The molecule has 25 heavy (non-hydrogen) atoms. The summed E-state index contributed by atoms with van der Waals surface area (Å²) in [5.74, 6) is -0.348. The topological polar surface area (TPSA) is 57.0 Å². The van der Waals surface area contributed by atoms with Crippen molar-refractivity contribution < 1.29 is 9.53 Å². The molecule has 0 unspecified atom stereocenters. The number of carbonyl (C=O) groups is 1. The van der Waals surface area contributed by atoms with Crippen molar-refractivity contribution in [2.75, 3.05) is 6.61 Å². The molecule has 0 bridgehead atoms. The number of rotatable bonds is 7. The number of hydrogen-bond donors (Lipinski definition) is 0. The van der Waals surface area contributed by atoms with E-state index in [0.29, 0.717) is 6.61 Å². The first-order valence-corrected chi connectivity index (χ1v) is 8.15. The van der Waals surface area contributed by atoms with Gasteiger partial charge in [-0.3, -0.25) is 4.98 Å². The average molecular weight is 333 g/mol. The number of ether oxygens (including phenoxy) is 1. The molecule has 0 aliphatic heterocycles. The summed E-state index contributed by atoms with van der Waals surface area (Å²) in [6.07, 6.45) is 11.9. The first kappa shape index (κ1) is 16.6. The molecule has 0 aliphatic rings. The summed E-state index contributed by atoms with van der Waals surface area (Å²) in [4.78, 5) is 15.8. The van der Waals surface area contributed by atoms with E-state index in [-0.39, 0.29) is 5.97 Å². The monoisotopic (exact) mass is 333 g/mol. The van der Waals surface area contributed by atoms with E-state index in [2.05, 4.69) is 10.1 Å². The van der Waals surface area contributed by atoms with Gasteiger partial charge in [-0.15, -0.1) is 0 Å². The van der Waals surface area contributed by atoms with E-state index in [1.54, 1.807) is 23.2 Å². The third kappa shape index (κ3) is 5.14. The number of carbonyl (C=O) groups excluding carboxylic acids is 1. The maximum Gasteiger partial charge on any atom is 0.330 e. The molecule has 0 saturated carbocycles. The Morgan fingerprint density at radius 1 is 1.12 bits per heavy atom. The van der Waals surface area contributed by atoms with Crippen LogP contribution in [0, 0.1) is 0 Å². The van der Waals surface area contributed by atoms with Gasteiger partial charge in [-0.25, -0.2) is 9.48 Å². The Kier molecular flexibility index (Phi) is 5.72. The minimum Gasteiger partial charge on any atom is -0.463 e. The predicted molar refractivity (Wildman–Crippen MR) is 96.1 cm³/mol. The van der Waals surface area contributed by atoms with E-state index in [0.717, 1.165) is 29.7 Å². The van der Waals surface area contributed by atoms with Gasteiger partial charge >= 0.3 is 5.97 Å². The van der Waals surface area contributed by atoms with Gasteiger partial charge in [0.1, 0.15) is 0 Å². The van der Waals surface area contributed by atoms with E-state index in [9.17, 15) is 4.79 Å². The number of para-hydroxylation sites is 1. The first-order valence-electron chi connectivity index (χ1n) is 8.15. The lowest BCUT2D eigenvalue weighted by atomic mass is 10.2. The first-order chi connectivity index (χ1) is 12.3. The minimum absolute atomic E-state index is 0.348. The van der Waals surface area contributed by atoms with Gasteiger partial charge in [0.05, 0.1) is 18.5 Å². The second kappa shape index (κ2) is 8.59. The zero-order valence-electron chi connectivity index (χ0n) is 13.8. The van der Waals surface area contributed by atoms with Crippen LogP contribution in [0.5, 0.6) is 0 Å². The van der Waals surface area contributed by atoms with Crippen LogP contribution in [0.4, 0.5) is 0 Å². The molecular weight excluding hydrogens is 314 g/mol. The standard InChI is InChI=1S/C20H19N3O2/c24-20(25-13-5-7-17-6-4-12-21-14-17)11-10-18-15-22-23(16-18)19-8-2-1-3-9-19/h1-4,6,8-12,14-16H,5,7,13H2/b11-10+. The summed E-state index contributed by atoms with van der Waals surface area (Å²) in [5, 5.41) is 4.28. The maximum absolute atomic E-state index is 11.8. The summed E-state index contributed by atoms with van der Waals surface area (Å²) >= 11 is 0. The van der Waals surface area contributed by atoms with Gasteiger partial charge in [-0.2, -0.15) is 5.10 Å². The highest BCUT2D eigenvalue weighted by molar-refractivity contribution is 5.86. The average Bonchev–Trinajstić information content (AvgIpc) is 3.14. The van der Waals surface area contributed by atoms with E-state index in [1.165, 1.54) is 6.08 Å². The summed E-state index contributed by atoms with van der Waals surface area (Å²) in [6.45, 7) is 0.390. The van der Waals surface area contributed by atoms with Crippen molar-refractivity contribution >= 4 is 12.0 Å². The van der Waals surface area contributed by atoms with Crippen LogP contribution in [-0.4, -0.2) is 27.3 Å². The fourth-order valence-corrected chi connectivity index (χ4v) is 2.35. The lowest BCUT2D eigenvalue weighted by Gasteiger charge is -2.02. The third-order valence-corrected chi connectivity index (χ3v) is 3.61. The van der Waals surface area contributed by atoms with Crippen LogP contribution >= 0.6 is 0 Å². The smallest absolute Gasteiger partial charge is 0.330 e. The molecule has 2 heterocycles. The molecule has 0 fully saturated rings. The molecule has 0 spiro atoms. The number of benzene rings is 1. The molecule has 5 heteroatoms. The summed E-state index contributed by atoms with van der Waals surface area (Å²) < 4.78 is 6.97. The maximum atomic E-state index is 11.8. The largest absolute Gasteiger partial charge is 0.463 e. The number of aryl methyl sites for hydroxylation is 1. The molecule has 126 valence electrons. The van der Waals surface area contributed by atoms with Gasteiger partial charge < -0.3 is 4.74 Å². The molecule has 3 rings (SSSR count). The molecule has 0 saturated heterocycles. The second-order valence-electron chi connectivity index (χ2n) is 5.52. The fourth-order valence-electron chi connectivity index (χ4n) is 2.35. The highest BCUT2D eigenvalue weighted by Gasteiger charge is 2.01. The van der Waals surface area contributed by atoms with Crippen molar-refractivity contribution in [2.45, 2.75) is 12.8 Å². The molecular formula is C20H19N3O2. The van der Waals surface area contributed by atoms with Crippen LogP contribution in [0.1, 0.15) is 17.5 Å². The predicted octanol–water partition coefficient (Wildman–Crippen LogP) is 3.46. The van der Waals surface area contributed by atoms with Gasteiger partial charge in [0, 0.05) is 30.2 Å². The van der Waals surface area contributed by atoms with E-state index in [4.69, 9.17) is 4.74 Å². The number of esters is 1. The highest BCUT2D eigenvalue weighted by atomic mass is 16.5. The fraction of sp³-hybridized carbons (Fsp3) is 0.150. The molecule has 1 aromatic carbocycles. The van der Waals surface area contributed by atoms with E-state index >= 15 is 0 Å². The van der Waals surface area contributed by atoms with E-state index in [1.807, 2.05) is 54.9 Å². The van der Waals surface area contributed by atoms with Crippen LogP contribution < -0.4 is 0 Å². The Balaban J connectivity index is 1.44. The highest BCUT2D eigenvalue weighted by Crippen LogP contribution is 2.09. The van der Waals surface area contributed by atoms with Gasteiger partial charge in [-0.1, -0.05) is 24.3 Å². The van der Waals surface area contributed by atoms with Crippen LogP contribution in [0.25, 0.3) is 11.8 Å². The third-order valence-electron chi connectivity index (χ3n) is 3.61. The molecule has 0 atom stereocenters. The zero-order valence-corrected chi connectivity index (χ0v) is 13.8. The molecule has 0 aliphatic carbocycles. The summed E-state index contributed by atoms with van der Waals surface area (Å²) in [7, 11) is 0. The van der Waals surface area contributed by atoms with Gasteiger partial charge in [-0.05, 0) is 42.7 Å². The lowest BCUT2D eigenvalue weighted by molar-refractivity contribution is -0.137. The van der Waals surface area contributed by atoms with Crippen LogP contribution in [-0.2, 0) is 16.0 Å². The molecule has 3 aromatic rings. The van der Waals surface area contributed by atoms with E-state index < -0.39 is 0 Å². The molecule has 0 amide bonds. The SMILES string of the molecule is O=C(/C=C/c1cnn(-c2ccccc2)c1)OCCCc1cccnc1. The Hall–Kier alpha value is -3.21. The number of aromatic nitrogens is 3. The minimum atomic E-state index is -0.348. The number of nitrogens with zero attached hydrogens (tertiary/aromatic N) is 3. The van der Waals surface area contributed by atoms with Gasteiger partial charge in [0.25, 0.3) is 0 Å². The van der Waals surface area contributed by atoms with Crippen molar-refractivity contribution in [1.82, 2.24) is 14.8 Å². The molecule has 0 N–H and O–H groups in total. The normalized spacial score (nSPS) is 10.9. The van der Waals surface area contributed by atoms with Gasteiger partial charge in [0.15, 0.2) is 0 Å². The summed E-state index contributed by atoms with van der Waals surface area (Å²) in [5.41, 5.74) is 2.96. The van der Waals surface area contributed by atoms with Gasteiger partial charge in [0.2, 0.25) is 0 Å². The second-order valence-corrected chi connectivity index (χ2v) is 5.52. The van der Waals surface area contributed by atoms with Crippen molar-refractivity contribution in [3.63, 3.8) is 0 Å². The Labute approximate surface area is 146 Å². The zero-order chi connectivity index (χ0) is 17.3. The summed E-state index contributed by atoms with van der Waals surface area (Å²) in [6, 6.07) is 13.7. The quantitative estimate of drug-likeness (QED) is 0.377. The van der Waals surface area contributed by atoms with Crippen LogP contribution in [0.3, 0.4) is 0 Å². The Bertz CT molecular complexity index is 826. The molecule has 0 radical (unpaired) electrons. The van der Waals surface area contributed by atoms with Crippen molar-refractivity contribution in [1.29, 1.82) is 0 Å². The van der Waals surface area contributed by atoms with Crippen LogP contribution in [0.15, 0.2) is 73.3 Å². The van der Waals surface area contributed by atoms with Crippen molar-refractivity contribution in [3.8, 4) is 5.69 Å². The van der Waals surface area contributed by atoms with Crippen LogP contribution in [0.2, 0.25) is 0 Å². The Morgan fingerprint density at radius 3 is 2.80 bits per heavy atom. The van der Waals surface area contributed by atoms with Crippen molar-refractivity contribution in [3.05, 3.63) is 84.5 Å².